The van der Waals surface area contributed by atoms with Crippen molar-refractivity contribution in [3.05, 3.63) is 47.9 Å². The normalized spacial score (nSPS) is 10.8. The van der Waals surface area contributed by atoms with Gasteiger partial charge in [-0.1, -0.05) is 6.07 Å². The number of pyridine rings is 2. The monoisotopic (exact) mass is 286 g/mol. The molecule has 0 fully saturated rings. The van der Waals surface area contributed by atoms with Crippen LogP contribution in [0.2, 0.25) is 0 Å². The van der Waals surface area contributed by atoms with E-state index in [9.17, 15) is 9.90 Å². The predicted molar refractivity (Wildman–Crippen MR) is 73.0 cm³/mol. The third kappa shape index (κ3) is 2.23. The average molecular weight is 286 g/mol. The van der Waals surface area contributed by atoms with E-state index in [1.165, 1.54) is 18.0 Å². The number of carboxylic acids is 1. The molecule has 100 valence electrons. The number of rotatable bonds is 3. The standard InChI is InChI=1S/C13H10N4O2S/c1-8-6-10(9(7-14-8)12(18)19)20-13-16-15-11-4-2-3-5-17(11)13/h2-7H,1H3,(H,18,19). The number of hydrogen-bond donors (Lipinski definition) is 1. The van der Waals surface area contributed by atoms with Crippen molar-refractivity contribution in [2.24, 2.45) is 0 Å². The predicted octanol–water partition coefficient (Wildman–Crippen LogP) is 2.28. The molecule has 0 radical (unpaired) electrons. The Bertz CT molecular complexity index is 800. The first kappa shape index (κ1) is 12.6. The molecule has 3 aromatic rings. The molecular formula is C13H10N4O2S. The van der Waals surface area contributed by atoms with E-state index in [1.807, 2.05) is 35.7 Å². The highest BCUT2D eigenvalue weighted by atomic mass is 32.2. The summed E-state index contributed by atoms with van der Waals surface area (Å²) in [6.45, 7) is 1.82. The van der Waals surface area contributed by atoms with Crippen molar-refractivity contribution in [1.29, 1.82) is 0 Å². The van der Waals surface area contributed by atoms with Crippen LogP contribution in [0.1, 0.15) is 16.1 Å². The molecule has 0 saturated heterocycles. The minimum absolute atomic E-state index is 0.160. The van der Waals surface area contributed by atoms with Gasteiger partial charge in [-0.05, 0) is 36.9 Å². The topological polar surface area (TPSA) is 80.4 Å². The quantitative estimate of drug-likeness (QED) is 0.795. The smallest absolute Gasteiger partial charge is 0.338 e. The van der Waals surface area contributed by atoms with E-state index in [0.29, 0.717) is 10.1 Å². The summed E-state index contributed by atoms with van der Waals surface area (Å²) in [7, 11) is 0. The minimum atomic E-state index is -1.01. The van der Waals surface area contributed by atoms with Gasteiger partial charge in [0.25, 0.3) is 0 Å². The summed E-state index contributed by atoms with van der Waals surface area (Å²) in [6.07, 6.45) is 3.20. The van der Waals surface area contributed by atoms with Gasteiger partial charge in [-0.25, -0.2) is 4.79 Å². The van der Waals surface area contributed by atoms with Crippen molar-refractivity contribution in [1.82, 2.24) is 19.6 Å². The van der Waals surface area contributed by atoms with Gasteiger partial charge < -0.3 is 5.11 Å². The van der Waals surface area contributed by atoms with Gasteiger partial charge in [0, 0.05) is 23.0 Å². The molecule has 3 aromatic heterocycles. The van der Waals surface area contributed by atoms with Gasteiger partial charge >= 0.3 is 5.97 Å². The number of aryl methyl sites for hydroxylation is 1. The Kier molecular flexibility index (Phi) is 3.11. The van der Waals surface area contributed by atoms with Gasteiger partial charge in [0.1, 0.15) is 0 Å². The summed E-state index contributed by atoms with van der Waals surface area (Å²) in [5.41, 5.74) is 1.64. The van der Waals surface area contributed by atoms with E-state index in [1.54, 1.807) is 6.07 Å². The Balaban J connectivity index is 2.07. The molecule has 0 spiro atoms. The molecule has 20 heavy (non-hydrogen) atoms. The molecular weight excluding hydrogens is 276 g/mol. The number of aromatic nitrogens is 4. The van der Waals surface area contributed by atoms with Crippen LogP contribution in [0.4, 0.5) is 0 Å². The first-order valence-electron chi connectivity index (χ1n) is 5.83. The van der Waals surface area contributed by atoms with Crippen LogP contribution < -0.4 is 0 Å². The molecule has 0 unspecified atom stereocenters. The van der Waals surface area contributed by atoms with Crippen molar-refractivity contribution in [3.8, 4) is 0 Å². The molecule has 0 aliphatic carbocycles. The van der Waals surface area contributed by atoms with Gasteiger partial charge in [0.05, 0.1) is 5.56 Å². The van der Waals surface area contributed by atoms with Crippen LogP contribution >= 0.6 is 11.8 Å². The third-order valence-corrected chi connectivity index (χ3v) is 3.74. The van der Waals surface area contributed by atoms with Crippen molar-refractivity contribution >= 4 is 23.4 Å². The molecule has 3 rings (SSSR count). The van der Waals surface area contributed by atoms with Crippen LogP contribution in [0.5, 0.6) is 0 Å². The lowest BCUT2D eigenvalue weighted by Gasteiger charge is -2.05. The molecule has 3 heterocycles. The number of carboxylic acid groups (broad SMARTS) is 1. The zero-order valence-electron chi connectivity index (χ0n) is 10.5. The van der Waals surface area contributed by atoms with Crippen molar-refractivity contribution < 1.29 is 9.90 Å². The van der Waals surface area contributed by atoms with Crippen LogP contribution in [-0.4, -0.2) is 30.7 Å². The number of fused-ring (bicyclic) bond motifs is 1. The Labute approximate surface area is 118 Å². The molecule has 1 N–H and O–H groups in total. The number of hydrogen-bond acceptors (Lipinski definition) is 5. The fraction of sp³-hybridized carbons (Fsp3) is 0.0769. The molecule has 0 bridgehead atoms. The summed E-state index contributed by atoms with van der Waals surface area (Å²) in [4.78, 5) is 15.8. The Hall–Kier alpha value is -2.41. The van der Waals surface area contributed by atoms with Gasteiger partial charge in [0.15, 0.2) is 10.8 Å². The van der Waals surface area contributed by atoms with Gasteiger partial charge in [-0.2, -0.15) is 0 Å². The van der Waals surface area contributed by atoms with E-state index in [4.69, 9.17) is 0 Å². The molecule has 0 atom stereocenters. The third-order valence-electron chi connectivity index (χ3n) is 2.72. The second-order valence-corrected chi connectivity index (χ2v) is 5.15. The van der Waals surface area contributed by atoms with Crippen molar-refractivity contribution in [2.75, 3.05) is 0 Å². The second-order valence-electron chi connectivity index (χ2n) is 4.14. The van der Waals surface area contributed by atoms with Crippen LogP contribution in [0.15, 0.2) is 46.7 Å². The van der Waals surface area contributed by atoms with Crippen LogP contribution in [0.25, 0.3) is 5.65 Å². The molecule has 0 aromatic carbocycles. The van der Waals surface area contributed by atoms with Crippen LogP contribution in [-0.2, 0) is 0 Å². The van der Waals surface area contributed by atoms with Crippen LogP contribution in [0, 0.1) is 6.92 Å². The number of nitrogens with zero attached hydrogens (tertiary/aromatic N) is 4. The lowest BCUT2D eigenvalue weighted by atomic mass is 10.2. The molecule has 0 aliphatic rings. The molecule has 0 aliphatic heterocycles. The summed E-state index contributed by atoms with van der Waals surface area (Å²) in [5.74, 6) is -1.01. The van der Waals surface area contributed by atoms with E-state index in [2.05, 4.69) is 15.2 Å². The Morgan fingerprint density at radius 3 is 3.00 bits per heavy atom. The van der Waals surface area contributed by atoms with Crippen LogP contribution in [0.3, 0.4) is 0 Å². The lowest BCUT2D eigenvalue weighted by molar-refractivity contribution is 0.0692. The second kappa shape index (κ2) is 4.93. The van der Waals surface area contributed by atoms with E-state index < -0.39 is 5.97 Å². The lowest BCUT2D eigenvalue weighted by Crippen LogP contribution is -2.01. The molecule has 0 amide bonds. The maximum absolute atomic E-state index is 11.2. The van der Waals surface area contributed by atoms with Gasteiger partial charge in [-0.3, -0.25) is 9.38 Å². The number of aromatic carboxylic acids is 1. The van der Waals surface area contributed by atoms with Gasteiger partial charge in [0.2, 0.25) is 0 Å². The van der Waals surface area contributed by atoms with Gasteiger partial charge in [-0.15, -0.1) is 10.2 Å². The first-order chi connectivity index (χ1) is 9.65. The maximum Gasteiger partial charge on any atom is 0.338 e. The summed E-state index contributed by atoms with van der Waals surface area (Å²) in [5, 5.41) is 17.9. The highest BCUT2D eigenvalue weighted by Crippen LogP contribution is 2.29. The fourth-order valence-electron chi connectivity index (χ4n) is 1.77. The molecule has 0 saturated carbocycles. The first-order valence-corrected chi connectivity index (χ1v) is 6.64. The summed E-state index contributed by atoms with van der Waals surface area (Å²) >= 11 is 1.26. The minimum Gasteiger partial charge on any atom is -0.478 e. The molecule has 6 nitrogen and oxygen atoms in total. The van der Waals surface area contributed by atoms with Crippen molar-refractivity contribution in [2.45, 2.75) is 17.0 Å². The fourth-order valence-corrected chi connectivity index (χ4v) is 2.78. The maximum atomic E-state index is 11.2. The van der Waals surface area contributed by atoms with Crippen molar-refractivity contribution in [3.63, 3.8) is 0 Å². The zero-order valence-corrected chi connectivity index (χ0v) is 11.3. The van der Waals surface area contributed by atoms with E-state index in [-0.39, 0.29) is 5.56 Å². The largest absolute Gasteiger partial charge is 0.478 e. The Morgan fingerprint density at radius 2 is 2.20 bits per heavy atom. The van der Waals surface area contributed by atoms with E-state index in [0.717, 1.165) is 11.3 Å². The highest BCUT2D eigenvalue weighted by molar-refractivity contribution is 7.99. The average Bonchev–Trinajstić information content (AvgIpc) is 2.82. The summed E-state index contributed by atoms with van der Waals surface area (Å²) < 4.78 is 1.81. The van der Waals surface area contributed by atoms with E-state index >= 15 is 0 Å². The summed E-state index contributed by atoms with van der Waals surface area (Å²) in [6, 6.07) is 7.32. The SMILES string of the molecule is Cc1cc(Sc2nnc3ccccn23)c(C(=O)O)cn1. The molecule has 7 heteroatoms. The highest BCUT2D eigenvalue weighted by Gasteiger charge is 2.15. The zero-order chi connectivity index (χ0) is 14.1. The Morgan fingerprint density at radius 1 is 1.35 bits per heavy atom. The number of carbonyl (C=O) groups is 1.